The van der Waals surface area contributed by atoms with Gasteiger partial charge in [0.1, 0.15) is 11.6 Å². The summed E-state index contributed by atoms with van der Waals surface area (Å²) in [6.07, 6.45) is -3.58. The molecule has 4 rings (SSSR count). The van der Waals surface area contributed by atoms with Crippen LogP contribution in [0.4, 0.5) is 23.4 Å². The first-order chi connectivity index (χ1) is 12.2. The second kappa shape index (κ2) is 5.62. The highest BCUT2D eigenvalue weighted by molar-refractivity contribution is 5.80. The Morgan fingerprint density at radius 2 is 2.00 bits per heavy atom. The summed E-state index contributed by atoms with van der Waals surface area (Å²) < 4.78 is 54.7. The molecule has 4 nitrogen and oxygen atoms in total. The first-order valence-corrected chi connectivity index (χ1v) is 8.08. The molecule has 8 heteroatoms. The first kappa shape index (κ1) is 16.7. The van der Waals surface area contributed by atoms with E-state index in [-0.39, 0.29) is 22.7 Å². The molecule has 26 heavy (non-hydrogen) atoms. The SMILES string of the molecule is Cc1cc(F)c2c(c1)CCC2Nc1nc2cc(O)[nH]c2cc1C(F)(F)F. The summed E-state index contributed by atoms with van der Waals surface area (Å²) in [7, 11) is 0. The van der Waals surface area contributed by atoms with Crippen LogP contribution in [0.5, 0.6) is 5.88 Å². The molecule has 3 aromatic rings. The van der Waals surface area contributed by atoms with Crippen molar-refractivity contribution in [3.8, 4) is 5.88 Å². The third-order valence-electron chi connectivity index (χ3n) is 4.61. The number of pyridine rings is 1. The number of nitrogens with one attached hydrogen (secondary N) is 2. The van der Waals surface area contributed by atoms with Crippen molar-refractivity contribution in [1.82, 2.24) is 9.97 Å². The van der Waals surface area contributed by atoms with E-state index in [1.165, 1.54) is 12.1 Å². The van der Waals surface area contributed by atoms with Crippen molar-refractivity contribution in [3.05, 3.63) is 52.3 Å². The summed E-state index contributed by atoms with van der Waals surface area (Å²) in [5, 5.41) is 12.2. The molecular formula is C18H15F4N3O. The number of hydrogen-bond donors (Lipinski definition) is 3. The number of benzene rings is 1. The monoisotopic (exact) mass is 365 g/mol. The average Bonchev–Trinajstić information content (AvgIpc) is 3.07. The summed E-state index contributed by atoms with van der Waals surface area (Å²) in [4.78, 5) is 6.43. The van der Waals surface area contributed by atoms with Crippen LogP contribution in [0.2, 0.25) is 0 Å². The van der Waals surface area contributed by atoms with Gasteiger partial charge in [-0.2, -0.15) is 13.2 Å². The second-order valence-corrected chi connectivity index (χ2v) is 6.52. The van der Waals surface area contributed by atoms with Gasteiger partial charge in [0.15, 0.2) is 5.88 Å². The molecule has 3 N–H and O–H groups in total. The Kier molecular flexibility index (Phi) is 3.61. The number of alkyl halides is 3. The molecule has 1 aromatic carbocycles. The molecular weight excluding hydrogens is 350 g/mol. The molecule has 0 saturated heterocycles. The van der Waals surface area contributed by atoms with E-state index in [0.717, 1.165) is 17.2 Å². The van der Waals surface area contributed by atoms with Crippen molar-refractivity contribution < 1.29 is 22.7 Å². The van der Waals surface area contributed by atoms with Crippen LogP contribution in [0.3, 0.4) is 0 Å². The van der Waals surface area contributed by atoms with Crippen LogP contribution in [0.1, 0.15) is 34.7 Å². The van der Waals surface area contributed by atoms with Gasteiger partial charge in [0.25, 0.3) is 0 Å². The molecule has 0 radical (unpaired) electrons. The third-order valence-corrected chi connectivity index (χ3v) is 4.61. The largest absolute Gasteiger partial charge is 0.495 e. The molecule has 1 aliphatic rings. The minimum absolute atomic E-state index is 0.0778. The van der Waals surface area contributed by atoms with Crippen LogP contribution >= 0.6 is 0 Å². The van der Waals surface area contributed by atoms with E-state index in [4.69, 9.17) is 0 Å². The number of rotatable bonds is 2. The van der Waals surface area contributed by atoms with Gasteiger partial charge < -0.3 is 15.4 Å². The molecule has 1 unspecified atom stereocenters. The summed E-state index contributed by atoms with van der Waals surface area (Å²) in [6.45, 7) is 1.78. The van der Waals surface area contributed by atoms with Gasteiger partial charge in [-0.05, 0) is 43.0 Å². The Bertz CT molecular complexity index is 1010. The van der Waals surface area contributed by atoms with Crippen molar-refractivity contribution in [3.63, 3.8) is 0 Å². The molecule has 0 fully saturated rings. The average molecular weight is 365 g/mol. The Morgan fingerprint density at radius 1 is 1.23 bits per heavy atom. The molecule has 0 aliphatic heterocycles. The standard InChI is InChI=1S/C18H15F4N3O/c1-8-4-9-2-3-12(16(9)11(19)5-8)24-17-10(18(20,21)22)6-13-14(25-17)7-15(26)23-13/h4-7,12,23,26H,2-3H2,1H3,(H,24,25). The minimum atomic E-state index is -4.64. The number of aromatic nitrogens is 2. The van der Waals surface area contributed by atoms with Crippen LogP contribution in [0.15, 0.2) is 24.3 Å². The van der Waals surface area contributed by atoms with Crippen molar-refractivity contribution in [2.75, 3.05) is 5.32 Å². The number of nitrogens with zero attached hydrogens (tertiary/aromatic N) is 1. The van der Waals surface area contributed by atoms with E-state index in [1.807, 2.05) is 6.07 Å². The topological polar surface area (TPSA) is 60.9 Å². The van der Waals surface area contributed by atoms with Gasteiger partial charge in [0.05, 0.1) is 22.6 Å². The fourth-order valence-corrected chi connectivity index (χ4v) is 3.54. The van der Waals surface area contributed by atoms with Crippen molar-refractivity contribution in [1.29, 1.82) is 0 Å². The van der Waals surface area contributed by atoms with Gasteiger partial charge >= 0.3 is 6.18 Å². The van der Waals surface area contributed by atoms with Crippen LogP contribution in [-0.4, -0.2) is 15.1 Å². The number of aromatic amines is 1. The second-order valence-electron chi connectivity index (χ2n) is 6.52. The van der Waals surface area contributed by atoms with Crippen LogP contribution in [0.25, 0.3) is 11.0 Å². The van der Waals surface area contributed by atoms with Crippen molar-refractivity contribution in [2.45, 2.75) is 32.0 Å². The summed E-state index contributed by atoms with van der Waals surface area (Å²) in [5.74, 6) is -1.07. The van der Waals surface area contributed by atoms with Crippen molar-refractivity contribution in [2.24, 2.45) is 0 Å². The third kappa shape index (κ3) is 2.75. The predicted octanol–water partition coefficient (Wildman–Crippen LogP) is 4.83. The Labute approximate surface area is 145 Å². The zero-order chi connectivity index (χ0) is 18.6. The molecule has 0 spiro atoms. The number of H-pyrrole nitrogens is 1. The molecule has 0 saturated carbocycles. The number of aryl methyl sites for hydroxylation is 2. The molecule has 0 bridgehead atoms. The molecule has 1 aliphatic carbocycles. The lowest BCUT2D eigenvalue weighted by atomic mass is 10.0. The maximum absolute atomic E-state index is 14.4. The van der Waals surface area contributed by atoms with Gasteiger partial charge in [-0.25, -0.2) is 9.37 Å². The van der Waals surface area contributed by atoms with Gasteiger partial charge in [-0.15, -0.1) is 0 Å². The Hall–Kier alpha value is -2.77. The highest BCUT2D eigenvalue weighted by atomic mass is 19.4. The van der Waals surface area contributed by atoms with E-state index < -0.39 is 23.6 Å². The van der Waals surface area contributed by atoms with Gasteiger partial charge in [0, 0.05) is 11.6 Å². The quantitative estimate of drug-likeness (QED) is 0.570. The molecule has 2 heterocycles. The lowest BCUT2D eigenvalue weighted by molar-refractivity contribution is -0.137. The van der Waals surface area contributed by atoms with Crippen molar-refractivity contribution >= 4 is 16.9 Å². The molecule has 1 atom stereocenters. The van der Waals surface area contributed by atoms with Gasteiger partial charge in [0.2, 0.25) is 0 Å². The van der Waals surface area contributed by atoms with E-state index in [1.54, 1.807) is 6.92 Å². The minimum Gasteiger partial charge on any atom is -0.495 e. The number of hydrogen-bond acceptors (Lipinski definition) is 3. The smallest absolute Gasteiger partial charge is 0.420 e. The van der Waals surface area contributed by atoms with Gasteiger partial charge in [-0.3, -0.25) is 0 Å². The molecule has 0 amide bonds. The lowest BCUT2D eigenvalue weighted by Gasteiger charge is -2.19. The fourth-order valence-electron chi connectivity index (χ4n) is 3.54. The Morgan fingerprint density at radius 3 is 2.73 bits per heavy atom. The van der Waals surface area contributed by atoms with E-state index in [9.17, 15) is 22.7 Å². The first-order valence-electron chi connectivity index (χ1n) is 8.08. The normalized spacial score (nSPS) is 16.9. The number of fused-ring (bicyclic) bond motifs is 2. The van der Waals surface area contributed by atoms with Gasteiger partial charge in [-0.1, -0.05) is 6.07 Å². The maximum atomic E-state index is 14.4. The van der Waals surface area contributed by atoms with E-state index >= 15 is 0 Å². The van der Waals surface area contributed by atoms with E-state index in [0.29, 0.717) is 18.4 Å². The summed E-state index contributed by atoms with van der Waals surface area (Å²) >= 11 is 0. The zero-order valence-corrected chi connectivity index (χ0v) is 13.7. The highest BCUT2D eigenvalue weighted by Crippen LogP contribution is 2.41. The predicted molar refractivity (Wildman–Crippen MR) is 88.6 cm³/mol. The maximum Gasteiger partial charge on any atom is 0.420 e. The number of aromatic hydroxyl groups is 1. The molecule has 2 aromatic heterocycles. The number of anilines is 1. The summed E-state index contributed by atoms with van der Waals surface area (Å²) in [6, 6.07) is 4.78. The fraction of sp³-hybridized carbons (Fsp3) is 0.278. The highest BCUT2D eigenvalue weighted by Gasteiger charge is 2.37. The summed E-state index contributed by atoms with van der Waals surface area (Å²) in [5.41, 5.74) is 1.28. The zero-order valence-electron chi connectivity index (χ0n) is 13.7. The number of halogens is 4. The van der Waals surface area contributed by atoms with Crippen LogP contribution in [-0.2, 0) is 12.6 Å². The van der Waals surface area contributed by atoms with Crippen LogP contribution < -0.4 is 5.32 Å². The molecule has 136 valence electrons. The van der Waals surface area contributed by atoms with E-state index in [2.05, 4.69) is 15.3 Å². The van der Waals surface area contributed by atoms with Crippen LogP contribution in [0, 0.1) is 12.7 Å². The Balaban J connectivity index is 1.79. The lowest BCUT2D eigenvalue weighted by Crippen LogP contribution is -2.16.